The highest BCUT2D eigenvalue weighted by Crippen LogP contribution is 2.41. The van der Waals surface area contributed by atoms with E-state index in [1.165, 1.54) is 16.7 Å². The summed E-state index contributed by atoms with van der Waals surface area (Å²) in [5, 5.41) is 0. The predicted octanol–water partition coefficient (Wildman–Crippen LogP) is 4.76. The molecule has 5 aliphatic rings. The SMILES string of the molecule is Cc1cc(-c2ccc3c(c2)CCO3)ccc1C1=NC2(CCCC2)C(=O)N1CC1CCN(C(=O)C2CC2)C1. The van der Waals surface area contributed by atoms with Gasteiger partial charge in [-0.05, 0) is 79.3 Å². The number of fused-ring (bicyclic) bond motifs is 1. The van der Waals surface area contributed by atoms with Gasteiger partial charge in [0.1, 0.15) is 17.1 Å². The first kappa shape index (κ1) is 23.0. The summed E-state index contributed by atoms with van der Waals surface area (Å²) in [5.74, 6) is 2.89. The molecule has 7 rings (SSSR count). The minimum atomic E-state index is -0.581. The van der Waals surface area contributed by atoms with E-state index < -0.39 is 5.54 Å². The number of benzene rings is 2. The van der Waals surface area contributed by atoms with Gasteiger partial charge >= 0.3 is 0 Å². The van der Waals surface area contributed by atoms with Crippen LogP contribution in [0.3, 0.4) is 0 Å². The summed E-state index contributed by atoms with van der Waals surface area (Å²) < 4.78 is 5.68. The van der Waals surface area contributed by atoms with Crippen LogP contribution in [-0.4, -0.2) is 59.2 Å². The van der Waals surface area contributed by atoms with Gasteiger partial charge in [0.2, 0.25) is 5.91 Å². The van der Waals surface area contributed by atoms with Crippen LogP contribution < -0.4 is 4.74 Å². The summed E-state index contributed by atoms with van der Waals surface area (Å²) in [6, 6.07) is 13.0. The van der Waals surface area contributed by atoms with Crippen molar-refractivity contribution in [1.82, 2.24) is 9.80 Å². The summed E-state index contributed by atoms with van der Waals surface area (Å²) in [5.41, 5.74) is 5.24. The minimum absolute atomic E-state index is 0.175. The van der Waals surface area contributed by atoms with Crippen molar-refractivity contribution >= 4 is 17.6 Å². The van der Waals surface area contributed by atoms with E-state index in [0.29, 0.717) is 18.4 Å². The molecule has 37 heavy (non-hydrogen) atoms. The van der Waals surface area contributed by atoms with Crippen molar-refractivity contribution < 1.29 is 14.3 Å². The summed E-state index contributed by atoms with van der Waals surface area (Å²) in [4.78, 5) is 35.7. The van der Waals surface area contributed by atoms with Crippen LogP contribution in [0.1, 0.15) is 61.6 Å². The molecule has 3 fully saturated rings. The number of aliphatic imine (C=N–C) groups is 1. The van der Waals surface area contributed by atoms with Gasteiger partial charge in [0.05, 0.1) is 6.61 Å². The molecule has 6 nitrogen and oxygen atoms in total. The monoisotopic (exact) mass is 497 g/mol. The highest BCUT2D eigenvalue weighted by Gasteiger charge is 2.51. The second kappa shape index (κ2) is 8.71. The van der Waals surface area contributed by atoms with Gasteiger partial charge in [-0.25, -0.2) is 0 Å². The van der Waals surface area contributed by atoms with Crippen molar-refractivity contribution in [1.29, 1.82) is 0 Å². The van der Waals surface area contributed by atoms with Crippen LogP contribution >= 0.6 is 0 Å². The third-order valence-corrected chi connectivity index (χ3v) is 9.10. The highest BCUT2D eigenvalue weighted by atomic mass is 16.5. The average Bonchev–Trinajstić information content (AvgIpc) is 3.25. The summed E-state index contributed by atoms with van der Waals surface area (Å²) >= 11 is 0. The molecule has 6 heteroatoms. The topological polar surface area (TPSA) is 62.2 Å². The number of nitrogens with zero attached hydrogens (tertiary/aromatic N) is 3. The Morgan fingerprint density at radius 1 is 1.08 bits per heavy atom. The molecule has 192 valence electrons. The Bertz CT molecular complexity index is 1300. The van der Waals surface area contributed by atoms with E-state index in [0.717, 1.165) is 93.8 Å². The maximum atomic E-state index is 13.9. The Kier molecular flexibility index (Phi) is 5.42. The Morgan fingerprint density at radius 2 is 1.86 bits per heavy atom. The predicted molar refractivity (Wildman–Crippen MR) is 143 cm³/mol. The van der Waals surface area contributed by atoms with Gasteiger partial charge in [0.15, 0.2) is 0 Å². The molecule has 2 aliphatic carbocycles. The van der Waals surface area contributed by atoms with Gasteiger partial charge in [0.25, 0.3) is 5.91 Å². The maximum absolute atomic E-state index is 13.9. The van der Waals surface area contributed by atoms with E-state index in [-0.39, 0.29) is 11.8 Å². The Morgan fingerprint density at radius 3 is 2.65 bits per heavy atom. The quantitative estimate of drug-likeness (QED) is 0.599. The van der Waals surface area contributed by atoms with E-state index in [9.17, 15) is 9.59 Å². The molecule has 2 saturated carbocycles. The fraction of sp³-hybridized carbons (Fsp3) is 0.516. The lowest BCUT2D eigenvalue weighted by Gasteiger charge is -2.26. The van der Waals surface area contributed by atoms with Gasteiger partial charge in [-0.2, -0.15) is 0 Å². The van der Waals surface area contributed by atoms with Crippen LogP contribution in [-0.2, 0) is 16.0 Å². The van der Waals surface area contributed by atoms with Crippen LogP contribution in [0.4, 0.5) is 0 Å². The van der Waals surface area contributed by atoms with Crippen molar-refractivity contribution in [3.63, 3.8) is 0 Å². The molecule has 3 aliphatic heterocycles. The molecule has 1 unspecified atom stereocenters. The first-order valence-corrected chi connectivity index (χ1v) is 14.1. The molecule has 0 bridgehead atoms. The highest BCUT2D eigenvalue weighted by molar-refractivity contribution is 6.16. The normalized spacial score (nSPS) is 24.1. The molecule has 1 spiro atoms. The first-order chi connectivity index (χ1) is 18.0. The standard InChI is InChI=1S/C31H35N3O3/c1-20-16-23(24-7-9-27-25(17-24)11-15-37-27)6-8-26(20)28-32-31(12-2-3-13-31)30(36)34(28)19-21-10-14-33(18-21)29(35)22-4-5-22/h6-9,16-17,21-22H,2-5,10-15,18-19H2,1H3. The van der Waals surface area contributed by atoms with E-state index in [4.69, 9.17) is 9.73 Å². The van der Waals surface area contributed by atoms with Crippen molar-refractivity contribution in [3.8, 4) is 16.9 Å². The molecule has 2 aromatic carbocycles. The molecule has 1 saturated heterocycles. The summed E-state index contributed by atoms with van der Waals surface area (Å²) in [6.07, 6.45) is 7.81. The zero-order chi connectivity index (χ0) is 25.1. The molecule has 0 radical (unpaired) electrons. The van der Waals surface area contributed by atoms with Crippen molar-refractivity contribution in [3.05, 3.63) is 53.1 Å². The smallest absolute Gasteiger partial charge is 0.256 e. The number of amides is 2. The number of hydrogen-bond donors (Lipinski definition) is 0. The summed E-state index contributed by atoms with van der Waals surface area (Å²) in [7, 11) is 0. The number of carbonyl (C=O) groups is 2. The lowest BCUT2D eigenvalue weighted by molar-refractivity contribution is -0.131. The van der Waals surface area contributed by atoms with Crippen LogP contribution in [0.15, 0.2) is 41.4 Å². The molecular weight excluding hydrogens is 462 g/mol. The molecule has 0 N–H and O–H groups in total. The zero-order valence-corrected chi connectivity index (χ0v) is 21.7. The molecule has 3 heterocycles. The third kappa shape index (κ3) is 3.96. The number of likely N-dealkylation sites (tertiary alicyclic amines) is 1. The Balaban J connectivity index is 1.17. The van der Waals surface area contributed by atoms with E-state index >= 15 is 0 Å². The van der Waals surface area contributed by atoms with E-state index in [1.807, 2.05) is 9.80 Å². The number of hydrogen-bond acceptors (Lipinski definition) is 4. The van der Waals surface area contributed by atoms with E-state index in [1.54, 1.807) is 0 Å². The van der Waals surface area contributed by atoms with Crippen LogP contribution in [0.25, 0.3) is 11.1 Å². The first-order valence-electron chi connectivity index (χ1n) is 14.1. The number of carbonyl (C=O) groups excluding carboxylic acids is 2. The largest absolute Gasteiger partial charge is 0.493 e. The lowest BCUT2D eigenvalue weighted by Crippen LogP contribution is -2.44. The fourth-order valence-electron chi connectivity index (χ4n) is 6.81. The zero-order valence-electron chi connectivity index (χ0n) is 21.7. The molecule has 2 amide bonds. The number of aryl methyl sites for hydroxylation is 1. The number of amidine groups is 1. The van der Waals surface area contributed by atoms with Crippen molar-refractivity contribution in [2.75, 3.05) is 26.2 Å². The number of ether oxygens (including phenoxy) is 1. The third-order valence-electron chi connectivity index (χ3n) is 9.10. The van der Waals surface area contributed by atoms with Gasteiger partial charge < -0.3 is 9.64 Å². The second-order valence-electron chi connectivity index (χ2n) is 11.8. The average molecular weight is 498 g/mol. The lowest BCUT2D eigenvalue weighted by atomic mass is 9.97. The number of rotatable bonds is 5. The fourth-order valence-corrected chi connectivity index (χ4v) is 6.81. The Labute approximate surface area is 218 Å². The maximum Gasteiger partial charge on any atom is 0.256 e. The van der Waals surface area contributed by atoms with E-state index in [2.05, 4.69) is 43.3 Å². The molecule has 0 aromatic heterocycles. The van der Waals surface area contributed by atoms with Gasteiger partial charge in [0, 0.05) is 37.5 Å². The van der Waals surface area contributed by atoms with Crippen molar-refractivity contribution in [2.24, 2.45) is 16.8 Å². The van der Waals surface area contributed by atoms with Crippen LogP contribution in [0.2, 0.25) is 0 Å². The summed E-state index contributed by atoms with van der Waals surface area (Å²) in [6.45, 7) is 5.12. The Hall–Kier alpha value is -3.15. The van der Waals surface area contributed by atoms with Gasteiger partial charge in [-0.3, -0.25) is 19.5 Å². The molecule has 2 aromatic rings. The molecular formula is C31H35N3O3. The van der Waals surface area contributed by atoms with Gasteiger partial charge in [-0.15, -0.1) is 0 Å². The minimum Gasteiger partial charge on any atom is -0.493 e. The van der Waals surface area contributed by atoms with Gasteiger partial charge in [-0.1, -0.05) is 37.1 Å². The van der Waals surface area contributed by atoms with Crippen LogP contribution in [0.5, 0.6) is 5.75 Å². The van der Waals surface area contributed by atoms with Crippen molar-refractivity contribution in [2.45, 2.75) is 63.8 Å². The molecule has 1 atom stereocenters. The van der Waals surface area contributed by atoms with Crippen LogP contribution in [0, 0.1) is 18.8 Å². The second-order valence-corrected chi connectivity index (χ2v) is 11.8.